The number of para-hydroxylation sites is 1. The van der Waals surface area contributed by atoms with Gasteiger partial charge in [0, 0.05) is 13.1 Å². The van der Waals surface area contributed by atoms with E-state index in [-0.39, 0.29) is 24.1 Å². The Morgan fingerprint density at radius 3 is 2.71 bits per heavy atom. The van der Waals surface area contributed by atoms with Gasteiger partial charge in [0.25, 0.3) is 5.56 Å². The number of carbonyl (C=O) groups excluding carboxylic acids is 1. The molecule has 4 rings (SSSR count). The van der Waals surface area contributed by atoms with Crippen LogP contribution >= 0.6 is 0 Å². The molecule has 146 valence electrons. The Hall–Kier alpha value is -2.96. The number of benzene rings is 1. The molecule has 0 atom stereocenters. The maximum Gasteiger partial charge on any atom is 0.264 e. The fraction of sp³-hybridized carbons (Fsp3) is 0.429. The third-order valence-corrected chi connectivity index (χ3v) is 5.72. The van der Waals surface area contributed by atoms with Crippen molar-refractivity contribution in [2.75, 3.05) is 7.05 Å². The van der Waals surface area contributed by atoms with Crippen LogP contribution in [0, 0.1) is 6.92 Å². The summed E-state index contributed by atoms with van der Waals surface area (Å²) >= 11 is 0. The fourth-order valence-corrected chi connectivity index (χ4v) is 3.97. The summed E-state index contributed by atoms with van der Waals surface area (Å²) in [4.78, 5) is 31.8. The molecule has 1 fully saturated rings. The van der Waals surface area contributed by atoms with E-state index in [9.17, 15) is 9.59 Å². The number of fused-ring (bicyclic) bond motifs is 1. The summed E-state index contributed by atoms with van der Waals surface area (Å²) in [7, 11) is 1.84. The smallest absolute Gasteiger partial charge is 0.264 e. The van der Waals surface area contributed by atoms with Crippen LogP contribution in [0.25, 0.3) is 16.7 Å². The number of aryl methyl sites for hydroxylation is 1. The van der Waals surface area contributed by atoms with Crippen LogP contribution in [0.3, 0.4) is 0 Å². The van der Waals surface area contributed by atoms with E-state index < -0.39 is 0 Å². The molecule has 0 bridgehead atoms. The minimum Gasteiger partial charge on any atom is -0.341 e. The molecule has 3 aromatic rings. The first-order valence-corrected chi connectivity index (χ1v) is 9.81. The third kappa shape index (κ3) is 3.32. The molecule has 1 aliphatic rings. The van der Waals surface area contributed by atoms with Crippen molar-refractivity contribution in [1.82, 2.24) is 24.2 Å². The van der Waals surface area contributed by atoms with Gasteiger partial charge < -0.3 is 4.90 Å². The van der Waals surface area contributed by atoms with Gasteiger partial charge in [-0.05, 0) is 31.4 Å². The summed E-state index contributed by atoms with van der Waals surface area (Å²) in [6, 6.07) is 8.09. The molecule has 0 aliphatic heterocycles. The Kier molecular flexibility index (Phi) is 4.98. The Morgan fingerprint density at radius 1 is 1.21 bits per heavy atom. The van der Waals surface area contributed by atoms with E-state index in [1.54, 1.807) is 9.58 Å². The van der Waals surface area contributed by atoms with Crippen molar-refractivity contribution < 1.29 is 4.79 Å². The van der Waals surface area contributed by atoms with Crippen LogP contribution in [-0.2, 0) is 11.3 Å². The molecule has 2 aromatic heterocycles. The maximum absolute atomic E-state index is 12.9. The van der Waals surface area contributed by atoms with Crippen molar-refractivity contribution in [3.8, 4) is 5.69 Å². The van der Waals surface area contributed by atoms with Crippen LogP contribution < -0.4 is 5.56 Å². The van der Waals surface area contributed by atoms with Crippen LogP contribution in [0.4, 0.5) is 0 Å². The molecule has 0 saturated heterocycles. The molecular weight excluding hydrogens is 354 g/mol. The van der Waals surface area contributed by atoms with Gasteiger partial charge in [0.15, 0.2) is 5.65 Å². The lowest BCUT2D eigenvalue weighted by atomic mass is 9.94. The van der Waals surface area contributed by atoms with E-state index in [4.69, 9.17) is 0 Å². The van der Waals surface area contributed by atoms with Crippen molar-refractivity contribution >= 4 is 16.9 Å². The Morgan fingerprint density at radius 2 is 1.96 bits per heavy atom. The molecule has 0 radical (unpaired) electrons. The van der Waals surface area contributed by atoms with Crippen LogP contribution in [-0.4, -0.2) is 43.2 Å². The first-order chi connectivity index (χ1) is 13.6. The maximum atomic E-state index is 12.9. The highest BCUT2D eigenvalue weighted by Gasteiger charge is 2.23. The quantitative estimate of drug-likeness (QED) is 0.699. The van der Waals surface area contributed by atoms with Crippen molar-refractivity contribution in [2.24, 2.45) is 0 Å². The zero-order valence-corrected chi connectivity index (χ0v) is 16.3. The molecular formula is C21H25N5O2. The lowest BCUT2D eigenvalue weighted by Crippen LogP contribution is -2.41. The van der Waals surface area contributed by atoms with Gasteiger partial charge in [-0.1, -0.05) is 37.5 Å². The molecule has 1 amide bonds. The van der Waals surface area contributed by atoms with Gasteiger partial charge in [0.05, 0.1) is 11.9 Å². The number of rotatable bonds is 4. The van der Waals surface area contributed by atoms with E-state index in [2.05, 4.69) is 10.1 Å². The van der Waals surface area contributed by atoms with Gasteiger partial charge in [0.2, 0.25) is 5.91 Å². The van der Waals surface area contributed by atoms with Gasteiger partial charge in [-0.3, -0.25) is 14.2 Å². The second-order valence-electron chi connectivity index (χ2n) is 7.55. The SMILES string of the molecule is Cc1ccccc1-n1ncc2c(=O)n(CC(=O)N(C)C3CCCCC3)cnc21. The van der Waals surface area contributed by atoms with Gasteiger partial charge in [-0.2, -0.15) is 5.10 Å². The number of likely N-dealkylation sites (N-methyl/N-ethyl adjacent to an activating group) is 1. The molecule has 7 nitrogen and oxygen atoms in total. The molecule has 1 saturated carbocycles. The molecule has 0 N–H and O–H groups in total. The Balaban J connectivity index is 1.61. The average Bonchev–Trinajstić information content (AvgIpc) is 3.15. The predicted octanol–water partition coefficient (Wildman–Crippen LogP) is 2.68. The second kappa shape index (κ2) is 7.58. The number of hydrogen-bond acceptors (Lipinski definition) is 4. The topological polar surface area (TPSA) is 73.0 Å². The van der Waals surface area contributed by atoms with Crippen molar-refractivity contribution in [2.45, 2.75) is 51.6 Å². The molecule has 1 aliphatic carbocycles. The number of aromatic nitrogens is 4. The van der Waals surface area contributed by atoms with Crippen LogP contribution in [0.2, 0.25) is 0 Å². The Labute approximate surface area is 163 Å². The zero-order valence-electron chi connectivity index (χ0n) is 16.3. The summed E-state index contributed by atoms with van der Waals surface area (Å²) in [5.74, 6) is -0.0542. The summed E-state index contributed by atoms with van der Waals surface area (Å²) in [5.41, 5.74) is 2.19. The predicted molar refractivity (Wildman–Crippen MR) is 108 cm³/mol. The number of nitrogens with zero attached hydrogens (tertiary/aromatic N) is 5. The average molecular weight is 379 g/mol. The van der Waals surface area contributed by atoms with Gasteiger partial charge in [0.1, 0.15) is 18.3 Å². The van der Waals surface area contributed by atoms with Crippen LogP contribution in [0.15, 0.2) is 41.6 Å². The number of carbonyl (C=O) groups is 1. The largest absolute Gasteiger partial charge is 0.341 e. The lowest BCUT2D eigenvalue weighted by molar-refractivity contribution is -0.133. The highest BCUT2D eigenvalue weighted by Crippen LogP contribution is 2.22. The minimum atomic E-state index is -0.241. The summed E-state index contributed by atoms with van der Waals surface area (Å²) in [6.45, 7) is 1.99. The molecule has 0 unspecified atom stereocenters. The van der Waals surface area contributed by atoms with Gasteiger partial charge in [-0.15, -0.1) is 0 Å². The molecule has 2 heterocycles. The van der Waals surface area contributed by atoms with E-state index in [1.807, 2.05) is 38.2 Å². The first kappa shape index (κ1) is 18.4. The number of hydrogen-bond donors (Lipinski definition) is 0. The van der Waals surface area contributed by atoms with Crippen molar-refractivity contribution in [3.05, 3.63) is 52.7 Å². The van der Waals surface area contributed by atoms with E-state index >= 15 is 0 Å². The summed E-state index contributed by atoms with van der Waals surface area (Å²) in [6.07, 6.45) is 8.62. The fourth-order valence-electron chi connectivity index (χ4n) is 3.97. The summed E-state index contributed by atoms with van der Waals surface area (Å²) in [5, 5.41) is 4.78. The van der Waals surface area contributed by atoms with Crippen LogP contribution in [0.5, 0.6) is 0 Å². The second-order valence-corrected chi connectivity index (χ2v) is 7.55. The minimum absolute atomic E-state index is 0.00428. The number of amides is 1. The van der Waals surface area contributed by atoms with Gasteiger partial charge >= 0.3 is 0 Å². The monoisotopic (exact) mass is 379 g/mol. The Bertz CT molecular complexity index is 1060. The third-order valence-electron chi connectivity index (χ3n) is 5.72. The molecule has 7 heteroatoms. The van der Waals surface area contributed by atoms with Gasteiger partial charge in [-0.25, -0.2) is 9.67 Å². The van der Waals surface area contributed by atoms with Crippen molar-refractivity contribution in [3.63, 3.8) is 0 Å². The normalized spacial score (nSPS) is 15.1. The zero-order chi connectivity index (χ0) is 19.7. The van der Waals surface area contributed by atoms with E-state index in [0.29, 0.717) is 11.0 Å². The summed E-state index contributed by atoms with van der Waals surface area (Å²) < 4.78 is 3.06. The van der Waals surface area contributed by atoms with E-state index in [0.717, 1.165) is 36.9 Å². The molecule has 28 heavy (non-hydrogen) atoms. The highest BCUT2D eigenvalue weighted by molar-refractivity contribution is 5.78. The molecule has 0 spiro atoms. The standard InChI is InChI=1S/C21H25N5O2/c1-15-8-6-7-11-18(15)26-20-17(12-23-26)21(28)25(14-22-20)13-19(27)24(2)16-9-4-3-5-10-16/h6-8,11-12,14,16H,3-5,9-10,13H2,1-2H3. The molecule has 1 aromatic carbocycles. The lowest BCUT2D eigenvalue weighted by Gasteiger charge is -2.31. The highest BCUT2D eigenvalue weighted by atomic mass is 16.2. The first-order valence-electron chi connectivity index (χ1n) is 9.81. The van der Waals surface area contributed by atoms with Crippen molar-refractivity contribution in [1.29, 1.82) is 0 Å². The van der Waals surface area contributed by atoms with Crippen LogP contribution in [0.1, 0.15) is 37.7 Å². The van der Waals surface area contributed by atoms with E-state index in [1.165, 1.54) is 23.5 Å².